The zero-order valence-electron chi connectivity index (χ0n) is 12.2. The van der Waals surface area contributed by atoms with E-state index >= 15 is 0 Å². The van der Waals surface area contributed by atoms with Gasteiger partial charge in [-0.15, -0.1) is 0 Å². The summed E-state index contributed by atoms with van der Waals surface area (Å²) in [5.74, 6) is -3.10. The lowest BCUT2D eigenvalue weighted by molar-refractivity contribution is 0.0594. The summed E-state index contributed by atoms with van der Waals surface area (Å²) in [6.45, 7) is 0.283. The fraction of sp³-hybridized carbons (Fsp3) is 0.188. The summed E-state index contributed by atoms with van der Waals surface area (Å²) in [4.78, 5) is 11.4. The second-order valence-corrected chi connectivity index (χ2v) is 4.46. The second kappa shape index (κ2) is 6.89. The summed E-state index contributed by atoms with van der Waals surface area (Å²) >= 11 is 0. The van der Waals surface area contributed by atoms with Crippen LogP contribution in [0.25, 0.3) is 0 Å². The van der Waals surface area contributed by atoms with E-state index in [1.807, 2.05) is 30.3 Å². The predicted octanol–water partition coefficient (Wildman–Crippen LogP) is 3.37. The van der Waals surface area contributed by atoms with Crippen LogP contribution in [0.5, 0.6) is 5.75 Å². The third-order valence-electron chi connectivity index (χ3n) is 3.09. The van der Waals surface area contributed by atoms with Gasteiger partial charge in [-0.2, -0.15) is 0 Å². The number of benzene rings is 2. The third kappa shape index (κ3) is 3.16. The molecule has 2 rings (SSSR count). The van der Waals surface area contributed by atoms with Gasteiger partial charge in [0.2, 0.25) is 0 Å². The molecule has 0 radical (unpaired) electrons. The van der Waals surface area contributed by atoms with Crippen molar-refractivity contribution >= 4 is 11.7 Å². The molecule has 2 aromatic carbocycles. The van der Waals surface area contributed by atoms with Crippen LogP contribution in [0.3, 0.4) is 0 Å². The number of hydrogen-bond donors (Lipinski definition) is 1. The zero-order chi connectivity index (χ0) is 16.1. The molecule has 0 aromatic heterocycles. The van der Waals surface area contributed by atoms with Crippen LogP contribution in [0.4, 0.5) is 14.5 Å². The standard InChI is InChI=1S/C16H15F2NO3/c1-21-15-13(18)11(16(20)22-2)8-12(17)14(15)19-9-10-6-4-3-5-7-10/h3-8,19H,9H2,1-2H3. The molecule has 0 fully saturated rings. The number of halogens is 2. The van der Waals surface area contributed by atoms with E-state index in [9.17, 15) is 13.6 Å². The van der Waals surface area contributed by atoms with Crippen molar-refractivity contribution in [3.8, 4) is 5.75 Å². The van der Waals surface area contributed by atoms with Crippen molar-refractivity contribution in [3.05, 3.63) is 59.2 Å². The van der Waals surface area contributed by atoms with E-state index in [2.05, 4.69) is 10.1 Å². The van der Waals surface area contributed by atoms with Crippen LogP contribution >= 0.6 is 0 Å². The minimum Gasteiger partial charge on any atom is -0.491 e. The maximum atomic E-state index is 14.2. The minimum atomic E-state index is -0.968. The van der Waals surface area contributed by atoms with E-state index in [4.69, 9.17) is 4.74 Å². The number of hydrogen-bond acceptors (Lipinski definition) is 4. The smallest absolute Gasteiger partial charge is 0.341 e. The fourth-order valence-corrected chi connectivity index (χ4v) is 2.00. The fourth-order valence-electron chi connectivity index (χ4n) is 2.00. The molecule has 0 amide bonds. The molecule has 22 heavy (non-hydrogen) atoms. The van der Waals surface area contributed by atoms with Crippen LogP contribution < -0.4 is 10.1 Å². The highest BCUT2D eigenvalue weighted by Crippen LogP contribution is 2.33. The zero-order valence-corrected chi connectivity index (χ0v) is 12.2. The Balaban J connectivity index is 2.35. The highest BCUT2D eigenvalue weighted by atomic mass is 19.1. The number of carbonyl (C=O) groups excluding carboxylic acids is 1. The monoisotopic (exact) mass is 307 g/mol. The Bertz CT molecular complexity index is 675. The van der Waals surface area contributed by atoms with Gasteiger partial charge >= 0.3 is 5.97 Å². The number of carbonyl (C=O) groups is 1. The van der Waals surface area contributed by atoms with E-state index in [-0.39, 0.29) is 18.0 Å². The van der Waals surface area contributed by atoms with E-state index < -0.39 is 23.2 Å². The predicted molar refractivity (Wildman–Crippen MR) is 78.0 cm³/mol. The Morgan fingerprint density at radius 1 is 1.18 bits per heavy atom. The molecule has 0 saturated heterocycles. The molecule has 0 aliphatic rings. The van der Waals surface area contributed by atoms with Gasteiger partial charge in [-0.3, -0.25) is 0 Å². The van der Waals surface area contributed by atoms with Gasteiger partial charge < -0.3 is 14.8 Å². The average Bonchev–Trinajstić information content (AvgIpc) is 2.55. The molecule has 4 nitrogen and oxygen atoms in total. The SMILES string of the molecule is COC(=O)c1cc(F)c(NCc2ccccc2)c(OC)c1F. The van der Waals surface area contributed by atoms with Gasteiger partial charge in [0, 0.05) is 6.54 Å². The first-order chi connectivity index (χ1) is 10.6. The molecule has 0 atom stereocenters. The van der Waals surface area contributed by atoms with Crippen LogP contribution in [-0.4, -0.2) is 20.2 Å². The van der Waals surface area contributed by atoms with Gasteiger partial charge in [-0.1, -0.05) is 30.3 Å². The summed E-state index contributed by atoms with van der Waals surface area (Å²) in [6.07, 6.45) is 0. The molecule has 0 aliphatic carbocycles. The Morgan fingerprint density at radius 3 is 2.45 bits per heavy atom. The van der Waals surface area contributed by atoms with E-state index in [1.165, 1.54) is 7.11 Å². The summed E-state index contributed by atoms with van der Waals surface area (Å²) in [5, 5.41) is 2.78. The number of rotatable bonds is 5. The van der Waals surface area contributed by atoms with Crippen molar-refractivity contribution < 1.29 is 23.0 Å². The Morgan fingerprint density at radius 2 is 1.86 bits per heavy atom. The van der Waals surface area contributed by atoms with Crippen molar-refractivity contribution in [2.45, 2.75) is 6.54 Å². The van der Waals surface area contributed by atoms with Crippen molar-refractivity contribution in [1.29, 1.82) is 0 Å². The topological polar surface area (TPSA) is 47.6 Å². The Labute approximate surface area is 126 Å². The highest BCUT2D eigenvalue weighted by Gasteiger charge is 2.23. The van der Waals surface area contributed by atoms with Crippen LogP contribution in [0, 0.1) is 11.6 Å². The third-order valence-corrected chi connectivity index (χ3v) is 3.09. The van der Waals surface area contributed by atoms with Crippen molar-refractivity contribution in [2.24, 2.45) is 0 Å². The number of esters is 1. The minimum absolute atomic E-state index is 0.142. The normalized spacial score (nSPS) is 10.2. The molecule has 0 aliphatic heterocycles. The van der Waals surface area contributed by atoms with Crippen LogP contribution in [0.15, 0.2) is 36.4 Å². The van der Waals surface area contributed by atoms with Crippen molar-refractivity contribution in [3.63, 3.8) is 0 Å². The number of methoxy groups -OCH3 is 2. The van der Waals surface area contributed by atoms with Gasteiger partial charge in [0.05, 0.1) is 14.2 Å². The lowest BCUT2D eigenvalue weighted by Gasteiger charge is -2.15. The van der Waals surface area contributed by atoms with E-state index in [0.717, 1.165) is 18.7 Å². The van der Waals surface area contributed by atoms with E-state index in [0.29, 0.717) is 0 Å². The molecule has 0 unspecified atom stereocenters. The van der Waals surface area contributed by atoms with Crippen molar-refractivity contribution in [2.75, 3.05) is 19.5 Å². The average molecular weight is 307 g/mol. The van der Waals surface area contributed by atoms with E-state index in [1.54, 1.807) is 0 Å². The maximum absolute atomic E-state index is 14.2. The molecule has 116 valence electrons. The first-order valence-electron chi connectivity index (χ1n) is 6.50. The highest BCUT2D eigenvalue weighted by molar-refractivity contribution is 5.91. The lowest BCUT2D eigenvalue weighted by Crippen LogP contribution is -2.11. The summed E-state index contributed by atoms with van der Waals surface area (Å²) in [5.41, 5.74) is 0.236. The Hall–Kier alpha value is -2.63. The summed E-state index contributed by atoms with van der Waals surface area (Å²) in [6, 6.07) is 10.0. The molecule has 0 saturated carbocycles. The molecule has 0 bridgehead atoms. The maximum Gasteiger partial charge on any atom is 0.341 e. The van der Waals surface area contributed by atoms with Gasteiger partial charge in [0.25, 0.3) is 0 Å². The van der Waals surface area contributed by atoms with Crippen molar-refractivity contribution in [1.82, 2.24) is 0 Å². The molecule has 0 heterocycles. The molecular weight excluding hydrogens is 292 g/mol. The summed E-state index contributed by atoms with van der Waals surface area (Å²) < 4.78 is 37.7. The summed E-state index contributed by atoms with van der Waals surface area (Å²) in [7, 11) is 2.29. The van der Waals surface area contributed by atoms with Crippen LogP contribution in [0.1, 0.15) is 15.9 Å². The van der Waals surface area contributed by atoms with Gasteiger partial charge in [-0.05, 0) is 11.6 Å². The number of anilines is 1. The quantitative estimate of drug-likeness (QED) is 0.860. The number of ether oxygens (including phenoxy) is 2. The first kappa shape index (κ1) is 15.8. The van der Waals surface area contributed by atoms with Gasteiger partial charge in [0.15, 0.2) is 17.4 Å². The second-order valence-electron chi connectivity index (χ2n) is 4.46. The number of nitrogens with one attached hydrogen (secondary N) is 1. The van der Waals surface area contributed by atoms with Gasteiger partial charge in [0.1, 0.15) is 11.3 Å². The van der Waals surface area contributed by atoms with Gasteiger partial charge in [-0.25, -0.2) is 13.6 Å². The Kier molecular flexibility index (Phi) is 4.93. The molecule has 1 N–H and O–H groups in total. The molecule has 6 heteroatoms. The molecule has 2 aromatic rings. The largest absolute Gasteiger partial charge is 0.491 e. The van der Waals surface area contributed by atoms with Crippen LogP contribution in [0.2, 0.25) is 0 Å². The molecule has 0 spiro atoms. The molecular formula is C16H15F2NO3. The first-order valence-corrected chi connectivity index (χ1v) is 6.50. The van der Waals surface area contributed by atoms with Crippen LogP contribution in [-0.2, 0) is 11.3 Å². The lowest BCUT2D eigenvalue weighted by atomic mass is 10.1.